The molecule has 0 atom stereocenters. The van der Waals surface area contributed by atoms with Crippen LogP contribution in [-0.2, 0) is 0 Å². The minimum absolute atomic E-state index is 1.21. The molecule has 1 fully saturated rings. The molecule has 2 aromatic carbocycles. The largest absolute Gasteiger partial charge is 0.372 e. The standard InChI is InChI=1S/C20H23N/c1-17-5-7-18(8-6-17)9-10-19-11-13-20(14-12-19)21-15-3-2-4-16-21/h5-14H,2-4,15-16H2,1H3. The SMILES string of the molecule is Cc1ccc(C=Cc2ccc(N3CCCCC3)cc2)cc1. The van der Waals surface area contributed by atoms with Crippen molar-refractivity contribution in [1.29, 1.82) is 0 Å². The summed E-state index contributed by atoms with van der Waals surface area (Å²) < 4.78 is 0. The number of anilines is 1. The van der Waals surface area contributed by atoms with Crippen LogP contribution in [0.4, 0.5) is 5.69 Å². The predicted octanol–water partition coefficient (Wildman–Crippen LogP) is 5.16. The van der Waals surface area contributed by atoms with E-state index >= 15 is 0 Å². The first-order valence-electron chi connectivity index (χ1n) is 7.91. The molecule has 21 heavy (non-hydrogen) atoms. The molecule has 3 rings (SSSR count). The van der Waals surface area contributed by atoms with Crippen LogP contribution in [0.1, 0.15) is 36.0 Å². The van der Waals surface area contributed by atoms with Gasteiger partial charge in [-0.1, -0.05) is 54.1 Å². The molecule has 1 aliphatic rings. The fourth-order valence-electron chi connectivity index (χ4n) is 2.82. The summed E-state index contributed by atoms with van der Waals surface area (Å²) in [6.45, 7) is 4.53. The average molecular weight is 277 g/mol. The van der Waals surface area contributed by atoms with Crippen LogP contribution in [0.3, 0.4) is 0 Å². The van der Waals surface area contributed by atoms with E-state index in [9.17, 15) is 0 Å². The van der Waals surface area contributed by atoms with Crippen LogP contribution in [0.5, 0.6) is 0 Å². The van der Waals surface area contributed by atoms with E-state index in [0.717, 1.165) is 0 Å². The fourth-order valence-corrected chi connectivity index (χ4v) is 2.82. The van der Waals surface area contributed by atoms with Crippen LogP contribution in [0.2, 0.25) is 0 Å². The summed E-state index contributed by atoms with van der Waals surface area (Å²) in [6.07, 6.45) is 8.40. The van der Waals surface area contributed by atoms with Gasteiger partial charge in [0, 0.05) is 18.8 Å². The minimum Gasteiger partial charge on any atom is -0.372 e. The van der Waals surface area contributed by atoms with Gasteiger partial charge in [-0.2, -0.15) is 0 Å². The number of benzene rings is 2. The van der Waals surface area contributed by atoms with E-state index in [0.29, 0.717) is 0 Å². The van der Waals surface area contributed by atoms with Gasteiger partial charge in [0.1, 0.15) is 0 Å². The second-order valence-corrected chi connectivity index (χ2v) is 5.88. The van der Waals surface area contributed by atoms with Crippen molar-refractivity contribution < 1.29 is 0 Å². The number of aryl methyl sites for hydroxylation is 1. The zero-order valence-corrected chi connectivity index (χ0v) is 12.8. The Morgan fingerprint density at radius 1 is 0.714 bits per heavy atom. The topological polar surface area (TPSA) is 3.24 Å². The molecular weight excluding hydrogens is 254 g/mol. The van der Waals surface area contributed by atoms with Gasteiger partial charge in [0.25, 0.3) is 0 Å². The first kappa shape index (κ1) is 13.9. The van der Waals surface area contributed by atoms with E-state index in [1.54, 1.807) is 0 Å². The predicted molar refractivity (Wildman–Crippen MR) is 92.6 cm³/mol. The van der Waals surface area contributed by atoms with E-state index in [4.69, 9.17) is 0 Å². The summed E-state index contributed by atoms with van der Waals surface area (Å²) in [5.41, 5.74) is 5.18. The molecule has 1 aliphatic heterocycles. The molecule has 1 saturated heterocycles. The lowest BCUT2D eigenvalue weighted by Crippen LogP contribution is -2.29. The maximum Gasteiger partial charge on any atom is 0.0366 e. The lowest BCUT2D eigenvalue weighted by molar-refractivity contribution is 0.578. The van der Waals surface area contributed by atoms with Crippen LogP contribution in [-0.4, -0.2) is 13.1 Å². The summed E-state index contributed by atoms with van der Waals surface area (Å²) in [5, 5.41) is 0. The molecule has 0 spiro atoms. The Kier molecular flexibility index (Phi) is 4.40. The third-order valence-corrected chi connectivity index (χ3v) is 4.16. The highest BCUT2D eigenvalue weighted by atomic mass is 15.1. The third kappa shape index (κ3) is 3.75. The zero-order valence-electron chi connectivity index (χ0n) is 12.8. The van der Waals surface area contributed by atoms with Crippen LogP contribution in [0, 0.1) is 6.92 Å². The number of rotatable bonds is 3. The van der Waals surface area contributed by atoms with Crippen molar-refractivity contribution in [1.82, 2.24) is 0 Å². The maximum atomic E-state index is 2.50. The molecule has 0 radical (unpaired) electrons. The molecular formula is C20H23N. The molecule has 1 heteroatoms. The van der Waals surface area contributed by atoms with Crippen LogP contribution in [0.15, 0.2) is 48.5 Å². The van der Waals surface area contributed by atoms with E-state index in [-0.39, 0.29) is 0 Å². The molecule has 0 bridgehead atoms. The molecule has 2 aromatic rings. The van der Waals surface area contributed by atoms with Gasteiger partial charge in [-0.25, -0.2) is 0 Å². The highest BCUT2D eigenvalue weighted by molar-refractivity contribution is 5.70. The number of nitrogens with zero attached hydrogens (tertiary/aromatic N) is 1. The Morgan fingerprint density at radius 2 is 1.24 bits per heavy atom. The zero-order chi connectivity index (χ0) is 14.5. The van der Waals surface area contributed by atoms with Crippen LogP contribution in [0.25, 0.3) is 12.2 Å². The number of piperidine rings is 1. The fraction of sp³-hybridized carbons (Fsp3) is 0.300. The van der Waals surface area contributed by atoms with Gasteiger partial charge in [0.2, 0.25) is 0 Å². The minimum atomic E-state index is 1.21. The van der Waals surface area contributed by atoms with Gasteiger partial charge in [-0.05, 0) is 49.4 Å². The highest BCUT2D eigenvalue weighted by Crippen LogP contribution is 2.21. The van der Waals surface area contributed by atoms with Crippen molar-refractivity contribution in [2.24, 2.45) is 0 Å². The molecule has 108 valence electrons. The first-order chi connectivity index (χ1) is 10.3. The van der Waals surface area contributed by atoms with Gasteiger partial charge in [-0.3, -0.25) is 0 Å². The summed E-state index contributed by atoms with van der Waals surface area (Å²) in [5.74, 6) is 0. The molecule has 0 aliphatic carbocycles. The Bertz CT molecular complexity index is 587. The molecule has 0 saturated carbocycles. The van der Waals surface area contributed by atoms with Gasteiger partial charge in [0.05, 0.1) is 0 Å². The average Bonchev–Trinajstić information content (AvgIpc) is 2.56. The lowest BCUT2D eigenvalue weighted by atomic mass is 10.1. The van der Waals surface area contributed by atoms with E-state index < -0.39 is 0 Å². The number of hydrogen-bond acceptors (Lipinski definition) is 1. The maximum absolute atomic E-state index is 2.50. The van der Waals surface area contributed by atoms with Crippen LogP contribution < -0.4 is 4.90 Å². The van der Waals surface area contributed by atoms with Crippen molar-refractivity contribution in [2.75, 3.05) is 18.0 Å². The molecule has 1 nitrogen and oxygen atoms in total. The highest BCUT2D eigenvalue weighted by Gasteiger charge is 2.09. The first-order valence-corrected chi connectivity index (χ1v) is 7.91. The van der Waals surface area contributed by atoms with Gasteiger partial charge < -0.3 is 4.90 Å². The van der Waals surface area contributed by atoms with E-state index in [1.165, 1.54) is 54.7 Å². The second-order valence-electron chi connectivity index (χ2n) is 5.88. The van der Waals surface area contributed by atoms with E-state index in [1.807, 2.05) is 0 Å². The molecule has 0 amide bonds. The Labute approximate surface area is 127 Å². The van der Waals surface area contributed by atoms with E-state index in [2.05, 4.69) is 72.5 Å². The van der Waals surface area contributed by atoms with Crippen molar-refractivity contribution in [2.45, 2.75) is 26.2 Å². The molecule has 0 unspecified atom stereocenters. The Hall–Kier alpha value is -2.02. The monoisotopic (exact) mass is 277 g/mol. The van der Waals surface area contributed by atoms with Crippen molar-refractivity contribution in [3.63, 3.8) is 0 Å². The quantitative estimate of drug-likeness (QED) is 0.701. The number of hydrogen-bond donors (Lipinski definition) is 0. The summed E-state index contributed by atoms with van der Waals surface area (Å²) in [7, 11) is 0. The summed E-state index contributed by atoms with van der Waals surface area (Å²) in [4.78, 5) is 2.50. The lowest BCUT2D eigenvalue weighted by Gasteiger charge is -2.28. The molecule has 0 aromatic heterocycles. The summed E-state index contributed by atoms with van der Waals surface area (Å²) >= 11 is 0. The van der Waals surface area contributed by atoms with Crippen molar-refractivity contribution >= 4 is 17.8 Å². The van der Waals surface area contributed by atoms with Crippen molar-refractivity contribution in [3.8, 4) is 0 Å². The Morgan fingerprint density at radius 3 is 1.81 bits per heavy atom. The van der Waals surface area contributed by atoms with Gasteiger partial charge in [-0.15, -0.1) is 0 Å². The molecule has 1 heterocycles. The van der Waals surface area contributed by atoms with Crippen molar-refractivity contribution in [3.05, 3.63) is 65.2 Å². The smallest absolute Gasteiger partial charge is 0.0366 e. The van der Waals surface area contributed by atoms with Crippen LogP contribution >= 0.6 is 0 Å². The second kappa shape index (κ2) is 6.62. The normalized spacial score (nSPS) is 15.6. The third-order valence-electron chi connectivity index (χ3n) is 4.16. The van der Waals surface area contributed by atoms with Gasteiger partial charge in [0.15, 0.2) is 0 Å². The van der Waals surface area contributed by atoms with Gasteiger partial charge >= 0.3 is 0 Å². The Balaban J connectivity index is 1.67. The summed E-state index contributed by atoms with van der Waals surface area (Å²) in [6, 6.07) is 17.6. The molecule has 0 N–H and O–H groups in total.